The number of nitrogens with zero attached hydrogens (tertiary/aromatic N) is 2. The second kappa shape index (κ2) is 11.6. The number of rotatable bonds is 10. The van der Waals surface area contributed by atoms with E-state index in [0.29, 0.717) is 38.2 Å². The van der Waals surface area contributed by atoms with Crippen molar-refractivity contribution >= 4 is 18.4 Å². The quantitative estimate of drug-likeness (QED) is 0.393. The number of hydrogen-bond acceptors (Lipinski definition) is 6. The monoisotopic (exact) mass is 458 g/mol. The molecule has 1 unspecified atom stereocenters. The van der Waals surface area contributed by atoms with Crippen LogP contribution in [0.4, 0.5) is 4.79 Å². The van der Waals surface area contributed by atoms with Crippen LogP contribution >= 0.6 is 0 Å². The molecule has 3 amide bonds. The number of ether oxygens (including phenoxy) is 2. The molecule has 0 bridgehead atoms. The number of amides is 3. The normalized spacial score (nSPS) is 24.5. The van der Waals surface area contributed by atoms with Crippen molar-refractivity contribution in [2.75, 3.05) is 19.8 Å². The fraction of sp³-hybridized carbons (Fsp3) is 0.640. The highest BCUT2D eigenvalue weighted by Gasteiger charge is 2.42. The van der Waals surface area contributed by atoms with Gasteiger partial charge in [0.05, 0.1) is 18.5 Å². The van der Waals surface area contributed by atoms with E-state index < -0.39 is 18.3 Å². The maximum atomic E-state index is 13.7. The van der Waals surface area contributed by atoms with Gasteiger partial charge in [-0.2, -0.15) is 0 Å². The Hall–Kier alpha value is -2.45. The van der Waals surface area contributed by atoms with Crippen LogP contribution in [0.5, 0.6) is 0 Å². The maximum Gasteiger partial charge on any atom is 0.416 e. The molecule has 0 N–H and O–H groups in total. The molecule has 8 nitrogen and oxygen atoms in total. The summed E-state index contributed by atoms with van der Waals surface area (Å²) in [7, 11) is 0. The van der Waals surface area contributed by atoms with Gasteiger partial charge in [-0.25, -0.2) is 19.6 Å². The van der Waals surface area contributed by atoms with Gasteiger partial charge in [-0.1, -0.05) is 56.0 Å². The van der Waals surface area contributed by atoms with E-state index in [0.717, 1.165) is 44.1 Å². The highest BCUT2D eigenvalue weighted by molar-refractivity contribution is 5.95. The molecule has 180 valence electrons. The molecule has 3 aliphatic rings. The fourth-order valence-electron chi connectivity index (χ4n) is 5.14. The zero-order valence-corrected chi connectivity index (χ0v) is 19.1. The Balaban J connectivity index is 1.47. The molecule has 2 saturated heterocycles. The Kier molecular flexibility index (Phi) is 8.34. The Bertz CT molecular complexity index is 791. The van der Waals surface area contributed by atoms with E-state index >= 15 is 0 Å². The zero-order chi connectivity index (χ0) is 23.0. The van der Waals surface area contributed by atoms with Crippen molar-refractivity contribution in [2.45, 2.75) is 70.1 Å². The third-order valence-corrected chi connectivity index (χ3v) is 6.86. The van der Waals surface area contributed by atoms with Crippen LogP contribution < -0.4 is 0 Å². The molecule has 0 spiro atoms. The van der Waals surface area contributed by atoms with Gasteiger partial charge < -0.3 is 9.47 Å². The number of benzene rings is 1. The number of cyclic esters (lactones) is 1. The van der Waals surface area contributed by atoms with Crippen molar-refractivity contribution in [1.82, 2.24) is 9.96 Å². The summed E-state index contributed by atoms with van der Waals surface area (Å²) in [4.78, 5) is 45.1. The van der Waals surface area contributed by atoms with Crippen LogP contribution in [0.3, 0.4) is 0 Å². The zero-order valence-electron chi connectivity index (χ0n) is 19.1. The first kappa shape index (κ1) is 23.7. The van der Waals surface area contributed by atoms with Gasteiger partial charge in [0, 0.05) is 13.0 Å². The number of hydrogen-bond donors (Lipinski definition) is 0. The molecular weight excluding hydrogens is 424 g/mol. The van der Waals surface area contributed by atoms with Gasteiger partial charge in [-0.05, 0) is 37.2 Å². The summed E-state index contributed by atoms with van der Waals surface area (Å²) in [5.41, 5.74) is 1.04. The molecule has 33 heavy (non-hydrogen) atoms. The first-order valence-electron chi connectivity index (χ1n) is 12.2. The Morgan fingerprint density at radius 1 is 1.15 bits per heavy atom. The predicted octanol–water partition coefficient (Wildman–Crippen LogP) is 3.69. The molecule has 2 aliphatic heterocycles. The van der Waals surface area contributed by atoms with E-state index in [-0.39, 0.29) is 25.1 Å². The Morgan fingerprint density at radius 3 is 2.61 bits per heavy atom. The first-order chi connectivity index (χ1) is 16.1. The molecule has 0 radical (unpaired) electrons. The van der Waals surface area contributed by atoms with Gasteiger partial charge in [-0.15, -0.1) is 0 Å². The average Bonchev–Trinajstić information content (AvgIpc) is 3.48. The SMILES string of the molecule is O=CN(C[C@@H](CC1CCCC1)C(=O)N1C(=O)OC[C@@H]1Cc1ccccc1)OC1CCCCO1. The van der Waals surface area contributed by atoms with E-state index in [2.05, 4.69) is 0 Å². The molecule has 3 fully saturated rings. The van der Waals surface area contributed by atoms with Gasteiger partial charge in [0.25, 0.3) is 0 Å². The van der Waals surface area contributed by atoms with E-state index in [4.69, 9.17) is 14.3 Å². The fourth-order valence-corrected chi connectivity index (χ4v) is 5.14. The van der Waals surface area contributed by atoms with Crippen LogP contribution in [0.15, 0.2) is 30.3 Å². The van der Waals surface area contributed by atoms with Gasteiger partial charge in [0.15, 0.2) is 6.29 Å². The molecule has 3 atom stereocenters. The molecule has 8 heteroatoms. The lowest BCUT2D eigenvalue weighted by Crippen LogP contribution is -2.47. The molecular formula is C25H34N2O6. The van der Waals surface area contributed by atoms with Crippen molar-refractivity contribution in [2.24, 2.45) is 11.8 Å². The Labute approximate surface area is 195 Å². The van der Waals surface area contributed by atoms with Crippen LogP contribution in [0, 0.1) is 11.8 Å². The van der Waals surface area contributed by atoms with E-state index in [1.807, 2.05) is 30.3 Å². The number of carbonyl (C=O) groups is 3. The first-order valence-corrected chi connectivity index (χ1v) is 12.2. The number of hydroxylamine groups is 2. The molecule has 1 saturated carbocycles. The third-order valence-electron chi connectivity index (χ3n) is 6.86. The van der Waals surface area contributed by atoms with Crippen molar-refractivity contribution in [3.8, 4) is 0 Å². The van der Waals surface area contributed by atoms with Gasteiger partial charge in [-0.3, -0.25) is 9.59 Å². The van der Waals surface area contributed by atoms with Crippen LogP contribution in [-0.2, 0) is 30.3 Å². The van der Waals surface area contributed by atoms with Crippen LogP contribution in [0.2, 0.25) is 0 Å². The number of imide groups is 1. The maximum absolute atomic E-state index is 13.7. The largest absolute Gasteiger partial charge is 0.447 e. The molecule has 2 heterocycles. The van der Waals surface area contributed by atoms with Crippen LogP contribution in [-0.4, -0.2) is 60.5 Å². The highest BCUT2D eigenvalue weighted by Crippen LogP contribution is 2.32. The second-order valence-electron chi connectivity index (χ2n) is 9.32. The van der Waals surface area contributed by atoms with E-state index in [9.17, 15) is 14.4 Å². The third kappa shape index (κ3) is 6.32. The summed E-state index contributed by atoms with van der Waals surface area (Å²) >= 11 is 0. The smallest absolute Gasteiger partial charge is 0.416 e. The standard InChI is InChI=1S/C25H34N2O6/c28-18-26(33-23-12-6-7-13-31-23)16-21(14-19-10-4-5-11-19)24(29)27-22(17-32-25(27)30)15-20-8-2-1-3-9-20/h1-3,8-9,18-19,21-23H,4-7,10-17H2/t21-,22+,23?/m1/s1. The van der Waals surface area contributed by atoms with Crippen molar-refractivity contribution < 1.29 is 28.7 Å². The summed E-state index contributed by atoms with van der Waals surface area (Å²) in [6.45, 7) is 0.878. The molecule has 4 rings (SSSR count). The predicted molar refractivity (Wildman–Crippen MR) is 120 cm³/mol. The lowest BCUT2D eigenvalue weighted by atomic mass is 9.91. The van der Waals surface area contributed by atoms with Crippen molar-refractivity contribution in [3.63, 3.8) is 0 Å². The molecule has 1 aromatic rings. The summed E-state index contributed by atoms with van der Waals surface area (Å²) in [5.74, 6) is -0.416. The summed E-state index contributed by atoms with van der Waals surface area (Å²) < 4.78 is 10.9. The van der Waals surface area contributed by atoms with Gasteiger partial charge in [0.2, 0.25) is 12.3 Å². The van der Waals surface area contributed by atoms with Crippen molar-refractivity contribution in [1.29, 1.82) is 0 Å². The molecule has 1 aliphatic carbocycles. The highest BCUT2D eigenvalue weighted by atomic mass is 16.8. The van der Waals surface area contributed by atoms with E-state index in [1.54, 1.807) is 0 Å². The second-order valence-corrected chi connectivity index (χ2v) is 9.32. The minimum absolute atomic E-state index is 0.0977. The summed E-state index contributed by atoms with van der Waals surface area (Å²) in [5, 5.41) is 1.18. The minimum Gasteiger partial charge on any atom is -0.447 e. The number of carbonyl (C=O) groups excluding carboxylic acids is 3. The van der Waals surface area contributed by atoms with Crippen molar-refractivity contribution in [3.05, 3.63) is 35.9 Å². The van der Waals surface area contributed by atoms with Gasteiger partial charge in [0.1, 0.15) is 6.61 Å². The molecule has 0 aromatic heterocycles. The summed E-state index contributed by atoms with van der Waals surface area (Å²) in [6.07, 6.45) is 7.78. The lowest BCUT2D eigenvalue weighted by Gasteiger charge is -2.31. The topological polar surface area (TPSA) is 85.4 Å². The van der Waals surface area contributed by atoms with E-state index in [1.165, 1.54) is 9.96 Å². The van der Waals surface area contributed by atoms with Gasteiger partial charge >= 0.3 is 6.09 Å². The van der Waals surface area contributed by atoms with Crippen LogP contribution in [0.25, 0.3) is 0 Å². The average molecular weight is 459 g/mol. The molecule has 1 aromatic carbocycles. The minimum atomic E-state index is -0.605. The van der Waals surface area contributed by atoms with Crippen LogP contribution in [0.1, 0.15) is 56.9 Å². The lowest BCUT2D eigenvalue weighted by molar-refractivity contribution is -0.276. The summed E-state index contributed by atoms with van der Waals surface area (Å²) in [6, 6.07) is 9.42. The Morgan fingerprint density at radius 2 is 1.91 bits per heavy atom.